The molecule has 86 valence electrons. The van der Waals surface area contributed by atoms with Gasteiger partial charge in [0.2, 0.25) is 0 Å². The van der Waals surface area contributed by atoms with Gasteiger partial charge in [-0.1, -0.05) is 35.4 Å². The van der Waals surface area contributed by atoms with Crippen molar-refractivity contribution in [1.82, 2.24) is 4.98 Å². The minimum Gasteiger partial charge on any atom is -0.466 e. The zero-order valence-electron chi connectivity index (χ0n) is 8.74. The van der Waals surface area contributed by atoms with E-state index in [0.29, 0.717) is 11.6 Å². The van der Waals surface area contributed by atoms with Crippen molar-refractivity contribution in [2.24, 2.45) is 0 Å². The summed E-state index contributed by atoms with van der Waals surface area (Å²) in [7, 11) is 0. The number of ether oxygens (including phenoxy) is 1. The van der Waals surface area contributed by atoms with Gasteiger partial charge in [-0.15, -0.1) is 0 Å². The van der Waals surface area contributed by atoms with Gasteiger partial charge in [0.15, 0.2) is 0 Å². The average Bonchev–Trinajstić information content (AvgIpc) is 2.25. The maximum Gasteiger partial charge on any atom is 0.309 e. The summed E-state index contributed by atoms with van der Waals surface area (Å²) in [6.07, 6.45) is 5.16. The first-order valence-corrected chi connectivity index (χ1v) is 5.53. The predicted molar refractivity (Wildman–Crippen MR) is 64.5 cm³/mol. The highest BCUT2D eigenvalue weighted by atomic mass is 35.5. The maximum atomic E-state index is 11.0. The van der Waals surface area contributed by atoms with Gasteiger partial charge in [-0.2, -0.15) is 0 Å². The van der Waals surface area contributed by atoms with Crippen LogP contribution in [0.2, 0.25) is 10.2 Å². The number of hydrogen-bond donors (Lipinski definition) is 0. The van der Waals surface area contributed by atoms with Crippen LogP contribution in [-0.2, 0) is 9.53 Å². The number of nitrogens with zero attached hydrogens (tertiary/aromatic N) is 1. The third kappa shape index (κ3) is 3.83. The Morgan fingerprint density at radius 1 is 1.56 bits per heavy atom. The van der Waals surface area contributed by atoms with Gasteiger partial charge >= 0.3 is 5.97 Å². The molecule has 0 bridgehead atoms. The Morgan fingerprint density at radius 3 is 3.00 bits per heavy atom. The fourth-order valence-corrected chi connectivity index (χ4v) is 1.40. The van der Waals surface area contributed by atoms with Crippen LogP contribution in [0, 0.1) is 0 Å². The van der Waals surface area contributed by atoms with Gasteiger partial charge in [0, 0.05) is 6.20 Å². The Morgan fingerprint density at radius 2 is 2.31 bits per heavy atom. The largest absolute Gasteiger partial charge is 0.466 e. The molecule has 1 aromatic rings. The van der Waals surface area contributed by atoms with Crippen LogP contribution in [0.15, 0.2) is 18.3 Å². The summed E-state index contributed by atoms with van der Waals surface area (Å²) in [5.41, 5.74) is 0.728. The Labute approximate surface area is 104 Å². The lowest BCUT2D eigenvalue weighted by atomic mass is 10.2. The van der Waals surface area contributed by atoms with Crippen LogP contribution < -0.4 is 0 Å². The van der Waals surface area contributed by atoms with Crippen LogP contribution in [0.3, 0.4) is 0 Å². The molecule has 0 unspecified atom stereocenters. The minimum atomic E-state index is -0.268. The molecule has 0 fully saturated rings. The number of pyridine rings is 1. The molecule has 1 aromatic heterocycles. The topological polar surface area (TPSA) is 39.2 Å². The van der Waals surface area contributed by atoms with Crippen molar-refractivity contribution in [2.75, 3.05) is 6.61 Å². The molecule has 5 heteroatoms. The quantitative estimate of drug-likeness (QED) is 0.615. The molecule has 16 heavy (non-hydrogen) atoms. The molecule has 0 aliphatic carbocycles. The number of carbonyl (C=O) groups is 1. The van der Waals surface area contributed by atoms with Crippen LogP contribution in [-0.4, -0.2) is 17.6 Å². The molecule has 0 amide bonds. The van der Waals surface area contributed by atoms with Crippen molar-refractivity contribution in [3.05, 3.63) is 34.1 Å². The summed E-state index contributed by atoms with van der Waals surface area (Å²) in [6.45, 7) is 2.15. The average molecular weight is 260 g/mol. The van der Waals surface area contributed by atoms with Gasteiger partial charge in [0.05, 0.1) is 18.1 Å². The smallest absolute Gasteiger partial charge is 0.309 e. The lowest BCUT2D eigenvalue weighted by Crippen LogP contribution is -2.01. The van der Waals surface area contributed by atoms with Gasteiger partial charge in [0.25, 0.3) is 0 Å². The van der Waals surface area contributed by atoms with Gasteiger partial charge in [-0.25, -0.2) is 4.98 Å². The molecule has 0 saturated heterocycles. The summed E-state index contributed by atoms with van der Waals surface area (Å²) < 4.78 is 4.77. The number of hydrogen-bond acceptors (Lipinski definition) is 3. The standard InChI is InChI=1S/C11H11Cl2NO2/c1-2-16-9(15)5-3-4-8-6-7-14-11(13)10(8)12/h3-4,6-7H,2,5H2,1H3. The highest BCUT2D eigenvalue weighted by Gasteiger charge is 2.02. The van der Waals surface area contributed by atoms with Gasteiger partial charge < -0.3 is 4.74 Å². The first-order valence-electron chi connectivity index (χ1n) is 4.77. The molecule has 0 radical (unpaired) electrons. The highest BCUT2D eigenvalue weighted by Crippen LogP contribution is 2.24. The first kappa shape index (κ1) is 13.0. The van der Waals surface area contributed by atoms with E-state index in [4.69, 9.17) is 27.9 Å². The predicted octanol–water partition coefficient (Wildman–Crippen LogP) is 3.35. The maximum absolute atomic E-state index is 11.0. The number of rotatable bonds is 4. The Hall–Kier alpha value is -1.06. The van der Waals surface area contributed by atoms with E-state index in [0.717, 1.165) is 5.56 Å². The molecule has 0 atom stereocenters. The zero-order valence-corrected chi connectivity index (χ0v) is 10.3. The van der Waals surface area contributed by atoms with Crippen LogP contribution in [0.5, 0.6) is 0 Å². The van der Waals surface area contributed by atoms with Crippen LogP contribution >= 0.6 is 23.2 Å². The fraction of sp³-hybridized carbons (Fsp3) is 0.273. The lowest BCUT2D eigenvalue weighted by molar-refractivity contribution is -0.142. The highest BCUT2D eigenvalue weighted by molar-refractivity contribution is 6.42. The Kier molecular flexibility index (Phi) is 5.29. The Bertz CT molecular complexity index is 405. The van der Waals surface area contributed by atoms with E-state index in [-0.39, 0.29) is 17.5 Å². The summed E-state index contributed by atoms with van der Waals surface area (Å²) in [4.78, 5) is 14.9. The van der Waals surface area contributed by atoms with E-state index in [2.05, 4.69) is 4.98 Å². The summed E-state index contributed by atoms with van der Waals surface area (Å²) >= 11 is 11.6. The molecular weight excluding hydrogens is 249 g/mol. The van der Waals surface area contributed by atoms with Crippen molar-refractivity contribution in [3.63, 3.8) is 0 Å². The normalized spacial score (nSPS) is 10.7. The molecule has 0 N–H and O–H groups in total. The molecule has 1 rings (SSSR count). The second-order valence-corrected chi connectivity index (χ2v) is 3.65. The number of carbonyl (C=O) groups excluding carboxylic acids is 1. The van der Waals surface area contributed by atoms with Gasteiger partial charge in [0.1, 0.15) is 5.15 Å². The number of esters is 1. The molecule has 0 saturated carbocycles. The second-order valence-electron chi connectivity index (χ2n) is 2.92. The third-order valence-corrected chi connectivity index (χ3v) is 2.54. The van der Waals surface area contributed by atoms with Crippen molar-refractivity contribution in [2.45, 2.75) is 13.3 Å². The van der Waals surface area contributed by atoms with Gasteiger partial charge in [-0.3, -0.25) is 4.79 Å². The fourth-order valence-electron chi connectivity index (χ4n) is 1.06. The van der Waals surface area contributed by atoms with E-state index >= 15 is 0 Å². The number of aromatic nitrogens is 1. The molecule has 0 aliphatic rings. The zero-order chi connectivity index (χ0) is 12.0. The van der Waals surface area contributed by atoms with E-state index in [1.807, 2.05) is 0 Å². The lowest BCUT2D eigenvalue weighted by Gasteiger charge is -1.99. The van der Waals surface area contributed by atoms with Crippen molar-refractivity contribution < 1.29 is 9.53 Å². The molecule has 0 aromatic carbocycles. The molecule has 0 aliphatic heterocycles. The molecule has 3 nitrogen and oxygen atoms in total. The van der Waals surface area contributed by atoms with Crippen LogP contribution in [0.1, 0.15) is 18.9 Å². The number of halogens is 2. The minimum absolute atomic E-state index is 0.212. The monoisotopic (exact) mass is 259 g/mol. The van der Waals surface area contributed by atoms with E-state index in [9.17, 15) is 4.79 Å². The summed E-state index contributed by atoms with van der Waals surface area (Å²) in [5, 5.41) is 0.629. The van der Waals surface area contributed by atoms with Crippen molar-refractivity contribution >= 4 is 35.2 Å². The van der Waals surface area contributed by atoms with Gasteiger partial charge in [-0.05, 0) is 18.6 Å². The van der Waals surface area contributed by atoms with E-state index in [1.54, 1.807) is 31.3 Å². The third-order valence-electron chi connectivity index (χ3n) is 1.76. The van der Waals surface area contributed by atoms with Crippen LogP contribution in [0.4, 0.5) is 0 Å². The van der Waals surface area contributed by atoms with Crippen LogP contribution in [0.25, 0.3) is 6.08 Å². The van der Waals surface area contributed by atoms with Crippen molar-refractivity contribution in [1.29, 1.82) is 0 Å². The molecule has 0 spiro atoms. The molecule has 1 heterocycles. The van der Waals surface area contributed by atoms with E-state index in [1.165, 1.54) is 0 Å². The first-order chi connectivity index (χ1) is 7.65. The second kappa shape index (κ2) is 6.51. The molecular formula is C11H11Cl2NO2. The van der Waals surface area contributed by atoms with Crippen molar-refractivity contribution in [3.8, 4) is 0 Å². The Balaban J connectivity index is 2.63. The van der Waals surface area contributed by atoms with E-state index < -0.39 is 0 Å². The summed E-state index contributed by atoms with van der Waals surface area (Å²) in [5.74, 6) is -0.268. The summed E-state index contributed by atoms with van der Waals surface area (Å²) in [6, 6.07) is 1.72. The SMILES string of the molecule is CCOC(=O)CC=Cc1ccnc(Cl)c1Cl.